The molecule has 0 aromatic heterocycles. The zero-order valence-corrected chi connectivity index (χ0v) is 13.6. The molecule has 0 aliphatic carbocycles. The first-order valence-corrected chi connectivity index (χ1v) is 8.54. The van der Waals surface area contributed by atoms with Gasteiger partial charge in [0.15, 0.2) is 0 Å². The van der Waals surface area contributed by atoms with E-state index in [9.17, 15) is 9.59 Å². The van der Waals surface area contributed by atoms with E-state index in [4.69, 9.17) is 0 Å². The van der Waals surface area contributed by atoms with Crippen molar-refractivity contribution >= 4 is 28.2 Å². The number of carbonyl (C=O) groups is 2. The Labute approximate surface area is 132 Å². The van der Waals surface area contributed by atoms with Gasteiger partial charge in [0, 0.05) is 12.3 Å². The summed E-state index contributed by atoms with van der Waals surface area (Å²) >= 11 is 0. The van der Waals surface area contributed by atoms with E-state index < -0.39 is 10.7 Å². The van der Waals surface area contributed by atoms with E-state index in [1.807, 2.05) is 44.2 Å². The molecule has 0 radical (unpaired) electrons. The van der Waals surface area contributed by atoms with Gasteiger partial charge in [-0.1, -0.05) is 30.3 Å². The van der Waals surface area contributed by atoms with Crippen LogP contribution in [0, 0.1) is 0 Å². The summed E-state index contributed by atoms with van der Waals surface area (Å²) in [5.41, 5.74) is 1.89. The molecule has 1 atom stereocenters. The first-order chi connectivity index (χ1) is 10.5. The van der Waals surface area contributed by atoms with Crippen LogP contribution in [0.5, 0.6) is 0 Å². The van der Waals surface area contributed by atoms with Crippen molar-refractivity contribution in [2.45, 2.75) is 20.4 Å². The maximum atomic E-state index is 11.9. The van der Waals surface area contributed by atoms with E-state index in [2.05, 4.69) is 14.9 Å². The van der Waals surface area contributed by atoms with Crippen molar-refractivity contribution < 1.29 is 9.59 Å². The first-order valence-electron chi connectivity index (χ1n) is 7.02. The molecule has 0 spiro atoms. The average molecular weight is 320 g/mol. The molecule has 7 heteroatoms. The van der Waals surface area contributed by atoms with Crippen LogP contribution in [0.25, 0.3) is 0 Å². The van der Waals surface area contributed by atoms with Gasteiger partial charge in [-0.3, -0.25) is 9.59 Å². The highest BCUT2D eigenvalue weighted by Gasteiger charge is 2.26. The Bertz CT molecular complexity index is 609. The lowest BCUT2D eigenvalue weighted by Gasteiger charge is -2.14. The second-order valence-electron chi connectivity index (χ2n) is 5.22. The van der Waals surface area contributed by atoms with Crippen molar-refractivity contribution in [1.29, 1.82) is 0 Å². The quantitative estimate of drug-likeness (QED) is 0.656. The molecule has 1 aromatic rings. The SMILES string of the molecule is CC(C)=N/N=S1/CC(=O)N(CC(=O)NCc2ccccc2)C1. The van der Waals surface area contributed by atoms with Crippen LogP contribution < -0.4 is 5.32 Å². The summed E-state index contributed by atoms with van der Waals surface area (Å²) < 4.78 is 4.15. The number of hydrogen-bond donors (Lipinski definition) is 1. The van der Waals surface area contributed by atoms with Gasteiger partial charge in [-0.05, 0) is 30.1 Å². The summed E-state index contributed by atoms with van der Waals surface area (Å²) in [6.07, 6.45) is 0. The maximum Gasteiger partial charge on any atom is 0.239 e. The Morgan fingerprint density at radius 3 is 2.73 bits per heavy atom. The van der Waals surface area contributed by atoms with E-state index in [1.165, 1.54) is 0 Å². The normalized spacial score (nSPS) is 17.6. The average Bonchev–Trinajstić information content (AvgIpc) is 2.84. The third-order valence-corrected chi connectivity index (χ3v) is 4.47. The van der Waals surface area contributed by atoms with Crippen molar-refractivity contribution in [3.63, 3.8) is 0 Å². The number of rotatable bonds is 5. The van der Waals surface area contributed by atoms with E-state index in [0.717, 1.165) is 11.3 Å². The van der Waals surface area contributed by atoms with Gasteiger partial charge in [0.05, 0.1) is 11.6 Å². The fourth-order valence-electron chi connectivity index (χ4n) is 1.88. The molecule has 1 aromatic carbocycles. The Morgan fingerprint density at radius 2 is 2.05 bits per heavy atom. The number of amides is 2. The van der Waals surface area contributed by atoms with Gasteiger partial charge in [0.2, 0.25) is 11.8 Å². The molecule has 6 nitrogen and oxygen atoms in total. The summed E-state index contributed by atoms with van der Waals surface area (Å²) in [5, 5.41) is 6.83. The van der Waals surface area contributed by atoms with E-state index >= 15 is 0 Å². The van der Waals surface area contributed by atoms with Gasteiger partial charge in [-0.25, -0.2) is 0 Å². The van der Waals surface area contributed by atoms with Crippen molar-refractivity contribution in [3.05, 3.63) is 35.9 Å². The largest absolute Gasteiger partial charge is 0.350 e. The minimum Gasteiger partial charge on any atom is -0.350 e. The van der Waals surface area contributed by atoms with Gasteiger partial charge >= 0.3 is 0 Å². The summed E-state index contributed by atoms with van der Waals surface area (Å²) in [7, 11) is -0.430. The minimum absolute atomic E-state index is 0.0362. The van der Waals surface area contributed by atoms with Crippen molar-refractivity contribution in [2.75, 3.05) is 18.2 Å². The van der Waals surface area contributed by atoms with Crippen LogP contribution in [0.1, 0.15) is 19.4 Å². The van der Waals surface area contributed by atoms with E-state index in [0.29, 0.717) is 18.2 Å². The third-order valence-electron chi connectivity index (χ3n) is 2.97. The Hall–Kier alpha value is -2.02. The molecule has 2 rings (SSSR count). The second-order valence-corrected chi connectivity index (χ2v) is 6.85. The molecule has 1 unspecified atom stereocenters. The molecular weight excluding hydrogens is 300 g/mol. The predicted octanol–water partition coefficient (Wildman–Crippen LogP) is 1.30. The standard InChI is InChI=1S/C15H20N4O2S/c1-12(2)17-18-22-10-15(21)19(11-22)9-14(20)16-8-13-6-4-3-5-7-13/h3-7H,8-11H2,1-2H3,(H,16,20). The molecule has 0 saturated carbocycles. The van der Waals surface area contributed by atoms with Crippen LogP contribution in [-0.2, 0) is 26.8 Å². The van der Waals surface area contributed by atoms with Crippen LogP contribution >= 0.6 is 0 Å². The molecule has 1 fully saturated rings. The van der Waals surface area contributed by atoms with Crippen LogP contribution in [0.15, 0.2) is 39.9 Å². The smallest absolute Gasteiger partial charge is 0.239 e. The highest BCUT2D eigenvalue weighted by Crippen LogP contribution is 2.08. The van der Waals surface area contributed by atoms with Crippen LogP contribution in [0.2, 0.25) is 0 Å². The van der Waals surface area contributed by atoms with Gasteiger partial charge in [0.1, 0.15) is 6.54 Å². The van der Waals surface area contributed by atoms with Crippen LogP contribution in [0.3, 0.4) is 0 Å². The Balaban J connectivity index is 1.83. The maximum absolute atomic E-state index is 11.9. The summed E-state index contributed by atoms with van der Waals surface area (Å²) in [4.78, 5) is 25.4. The lowest BCUT2D eigenvalue weighted by Crippen LogP contribution is -2.38. The lowest BCUT2D eigenvalue weighted by molar-refractivity contribution is -0.132. The number of hydrogen-bond acceptors (Lipinski definition) is 3. The first kappa shape index (κ1) is 16.4. The molecule has 0 bridgehead atoms. The highest BCUT2D eigenvalue weighted by atomic mass is 32.2. The predicted molar refractivity (Wildman–Crippen MR) is 88.3 cm³/mol. The second kappa shape index (κ2) is 7.84. The molecule has 2 amide bonds. The van der Waals surface area contributed by atoms with Gasteiger partial charge < -0.3 is 10.2 Å². The number of carbonyl (C=O) groups excluding carboxylic acids is 2. The summed E-state index contributed by atoms with van der Waals surface area (Å²) in [5.74, 6) is 0.639. The monoisotopic (exact) mass is 320 g/mol. The fraction of sp³-hybridized carbons (Fsp3) is 0.400. The van der Waals surface area contributed by atoms with Gasteiger partial charge in [-0.15, -0.1) is 4.47 Å². The number of nitrogens with one attached hydrogen (secondary N) is 1. The minimum atomic E-state index is -0.430. The van der Waals surface area contributed by atoms with Crippen LogP contribution in [0.4, 0.5) is 0 Å². The lowest BCUT2D eigenvalue weighted by atomic mass is 10.2. The van der Waals surface area contributed by atoms with Crippen molar-refractivity contribution in [1.82, 2.24) is 10.2 Å². The number of benzene rings is 1. The molecule has 1 saturated heterocycles. The number of nitrogens with zero attached hydrogens (tertiary/aromatic N) is 3. The molecule has 1 aliphatic heterocycles. The van der Waals surface area contributed by atoms with Gasteiger partial charge in [-0.2, -0.15) is 5.10 Å². The highest BCUT2D eigenvalue weighted by molar-refractivity contribution is 7.88. The van der Waals surface area contributed by atoms with E-state index in [-0.39, 0.29) is 18.4 Å². The molecule has 1 aliphatic rings. The molecule has 22 heavy (non-hydrogen) atoms. The summed E-state index contributed by atoms with van der Waals surface area (Å²) in [6.45, 7) is 4.27. The molecule has 118 valence electrons. The summed E-state index contributed by atoms with van der Waals surface area (Å²) in [6, 6.07) is 9.68. The zero-order valence-electron chi connectivity index (χ0n) is 12.8. The van der Waals surface area contributed by atoms with Crippen LogP contribution in [-0.4, -0.2) is 40.6 Å². The fourth-order valence-corrected chi connectivity index (χ4v) is 3.43. The molecule has 1 N–H and O–H groups in total. The molecule has 1 heterocycles. The van der Waals surface area contributed by atoms with Gasteiger partial charge in [0.25, 0.3) is 0 Å². The topological polar surface area (TPSA) is 74.1 Å². The van der Waals surface area contributed by atoms with E-state index in [1.54, 1.807) is 4.90 Å². The van der Waals surface area contributed by atoms with Crippen molar-refractivity contribution in [3.8, 4) is 0 Å². The van der Waals surface area contributed by atoms with Crippen molar-refractivity contribution in [2.24, 2.45) is 9.57 Å². The Morgan fingerprint density at radius 1 is 1.32 bits per heavy atom. The Kier molecular flexibility index (Phi) is 5.83. The zero-order chi connectivity index (χ0) is 15.9. The third kappa shape index (κ3) is 5.07. The molecular formula is C15H20N4O2S.